The molecule has 0 bridgehead atoms. The first-order chi connectivity index (χ1) is 27.3. The first-order valence-corrected chi connectivity index (χ1v) is 20.7. The van der Waals surface area contributed by atoms with Crippen LogP contribution in [0.4, 0.5) is 0 Å². The lowest BCUT2D eigenvalue weighted by molar-refractivity contribution is 0.436. The molecule has 0 amide bonds. The van der Waals surface area contributed by atoms with Gasteiger partial charge >= 0.3 is 0 Å². The number of pyridine rings is 2. The second-order valence-electron chi connectivity index (χ2n) is 16.2. The lowest BCUT2D eigenvalue weighted by Gasteiger charge is -2.29. The molecular weight excluding hydrogens is 669 g/mol. The van der Waals surface area contributed by atoms with Crippen molar-refractivity contribution in [2.75, 3.05) is 0 Å². The van der Waals surface area contributed by atoms with Crippen molar-refractivity contribution in [3.8, 4) is 17.1 Å². The standard InChI is InChI=1S/C51H46N4/c1-3-14-36(15-4-1)38-20-13-21-39(37-16-5-2-6-17-37)50(38)48-33-53-51-44-31-34(25-27-40(44)41-18-7-10-23-46(41)55(48)51)30-35-26-28-43-42-19-8-9-22-45(42)54(47(43)32-35)49-24-11-12-29-52-49/h7-13,18-29,31-33,36-37H,1-6,14-17,30H2. The largest absolute Gasteiger partial charge is 0.294 e. The molecule has 2 fully saturated rings. The molecule has 4 heterocycles. The first-order valence-electron chi connectivity index (χ1n) is 20.7. The molecule has 270 valence electrons. The van der Waals surface area contributed by atoms with Gasteiger partial charge in [0, 0.05) is 33.3 Å². The van der Waals surface area contributed by atoms with Gasteiger partial charge in [0.05, 0.1) is 28.4 Å². The van der Waals surface area contributed by atoms with Gasteiger partial charge < -0.3 is 0 Å². The molecular formula is C51H46N4. The number of aromatic nitrogens is 4. The topological polar surface area (TPSA) is 35.1 Å². The Morgan fingerprint density at radius 3 is 1.82 bits per heavy atom. The highest BCUT2D eigenvalue weighted by molar-refractivity contribution is 6.13. The molecule has 55 heavy (non-hydrogen) atoms. The highest BCUT2D eigenvalue weighted by atomic mass is 15.1. The lowest BCUT2D eigenvalue weighted by Crippen LogP contribution is -2.12. The molecule has 0 N–H and O–H groups in total. The molecule has 2 aliphatic rings. The molecule has 0 saturated heterocycles. The number of para-hydroxylation sites is 2. The molecule has 9 aromatic rings. The Morgan fingerprint density at radius 2 is 1.11 bits per heavy atom. The predicted octanol–water partition coefficient (Wildman–Crippen LogP) is 13.5. The van der Waals surface area contributed by atoms with Crippen molar-refractivity contribution >= 4 is 49.1 Å². The minimum absolute atomic E-state index is 0.616. The van der Waals surface area contributed by atoms with Crippen LogP contribution in [0.5, 0.6) is 0 Å². The van der Waals surface area contributed by atoms with Gasteiger partial charge in [0.15, 0.2) is 0 Å². The van der Waals surface area contributed by atoms with Gasteiger partial charge in [0.1, 0.15) is 11.5 Å². The fourth-order valence-electron chi connectivity index (χ4n) is 10.5. The summed E-state index contributed by atoms with van der Waals surface area (Å²) in [5, 5.41) is 6.28. The summed E-state index contributed by atoms with van der Waals surface area (Å²) in [4.78, 5) is 10.1. The van der Waals surface area contributed by atoms with Gasteiger partial charge in [0.25, 0.3) is 0 Å². The third-order valence-corrected chi connectivity index (χ3v) is 13.0. The Kier molecular flexibility index (Phi) is 8.04. The lowest BCUT2D eigenvalue weighted by atomic mass is 9.76. The van der Waals surface area contributed by atoms with Gasteiger partial charge in [0.2, 0.25) is 0 Å². The zero-order chi connectivity index (χ0) is 36.3. The van der Waals surface area contributed by atoms with E-state index in [0.29, 0.717) is 11.8 Å². The number of hydrogen-bond donors (Lipinski definition) is 0. The van der Waals surface area contributed by atoms with Crippen molar-refractivity contribution in [2.45, 2.75) is 82.5 Å². The summed E-state index contributed by atoms with van der Waals surface area (Å²) in [6.07, 6.45) is 18.2. The van der Waals surface area contributed by atoms with E-state index in [1.165, 1.54) is 130 Å². The highest BCUT2D eigenvalue weighted by Gasteiger charge is 2.28. The quantitative estimate of drug-likeness (QED) is 0.161. The van der Waals surface area contributed by atoms with Crippen LogP contribution >= 0.6 is 0 Å². The van der Waals surface area contributed by atoms with Crippen LogP contribution in [-0.2, 0) is 6.42 Å². The Labute approximate surface area is 322 Å². The second kappa shape index (κ2) is 13.5. The van der Waals surface area contributed by atoms with Gasteiger partial charge in [-0.2, -0.15) is 0 Å². The molecule has 11 rings (SSSR count). The van der Waals surface area contributed by atoms with E-state index in [0.717, 1.165) is 17.9 Å². The van der Waals surface area contributed by atoms with Crippen LogP contribution in [0.3, 0.4) is 0 Å². The molecule has 0 spiro atoms. The van der Waals surface area contributed by atoms with E-state index in [1.807, 2.05) is 12.3 Å². The molecule has 0 atom stereocenters. The van der Waals surface area contributed by atoms with Crippen LogP contribution in [0.1, 0.15) is 98.3 Å². The monoisotopic (exact) mass is 714 g/mol. The minimum atomic E-state index is 0.616. The number of fused-ring (bicyclic) bond motifs is 9. The summed E-state index contributed by atoms with van der Waals surface area (Å²) < 4.78 is 4.83. The maximum Gasteiger partial charge on any atom is 0.145 e. The third kappa shape index (κ3) is 5.48. The van der Waals surface area contributed by atoms with Gasteiger partial charge in [-0.1, -0.05) is 123 Å². The third-order valence-electron chi connectivity index (χ3n) is 13.0. The molecule has 2 aliphatic carbocycles. The second-order valence-corrected chi connectivity index (χ2v) is 16.2. The number of hydrogen-bond acceptors (Lipinski definition) is 2. The van der Waals surface area contributed by atoms with Crippen molar-refractivity contribution in [3.05, 3.63) is 156 Å². The van der Waals surface area contributed by atoms with Gasteiger partial charge in [-0.3, -0.25) is 8.97 Å². The van der Waals surface area contributed by atoms with Crippen molar-refractivity contribution in [3.63, 3.8) is 0 Å². The first kappa shape index (κ1) is 32.7. The van der Waals surface area contributed by atoms with E-state index < -0.39 is 0 Å². The zero-order valence-corrected chi connectivity index (χ0v) is 31.4. The number of nitrogens with zero attached hydrogens (tertiary/aromatic N) is 4. The summed E-state index contributed by atoms with van der Waals surface area (Å²) in [6, 6.07) is 45.2. The number of rotatable bonds is 6. The fourth-order valence-corrected chi connectivity index (χ4v) is 10.5. The predicted molar refractivity (Wildman–Crippen MR) is 229 cm³/mol. The summed E-state index contributed by atoms with van der Waals surface area (Å²) in [7, 11) is 0. The molecule has 4 heteroatoms. The SMILES string of the molecule is c1ccc(-n2c3ccccc3c3ccc(Cc4ccc5c6ccccc6n6c(-c7c(C8CCCCC8)cccc7C7CCCCC7)cnc6c5c4)cc32)nc1. The van der Waals surface area contributed by atoms with E-state index in [9.17, 15) is 0 Å². The van der Waals surface area contributed by atoms with Crippen LogP contribution < -0.4 is 0 Å². The normalized spacial score (nSPS) is 15.9. The Bertz CT molecular complexity index is 2830. The van der Waals surface area contributed by atoms with Gasteiger partial charge in [-0.05, 0) is 108 Å². The maximum absolute atomic E-state index is 5.36. The van der Waals surface area contributed by atoms with Gasteiger partial charge in [-0.25, -0.2) is 9.97 Å². The molecule has 4 nitrogen and oxygen atoms in total. The van der Waals surface area contributed by atoms with E-state index in [2.05, 4.69) is 130 Å². The van der Waals surface area contributed by atoms with Gasteiger partial charge in [-0.15, -0.1) is 0 Å². The fraction of sp³-hybridized carbons (Fsp3) is 0.255. The summed E-state index contributed by atoms with van der Waals surface area (Å²) in [5.41, 5.74) is 13.1. The summed E-state index contributed by atoms with van der Waals surface area (Å²) in [5.74, 6) is 2.17. The van der Waals surface area contributed by atoms with Crippen LogP contribution in [0, 0.1) is 0 Å². The Morgan fingerprint density at radius 1 is 0.491 bits per heavy atom. The van der Waals surface area contributed by atoms with E-state index in [-0.39, 0.29) is 0 Å². The average Bonchev–Trinajstić information content (AvgIpc) is 3.84. The van der Waals surface area contributed by atoms with Crippen molar-refractivity contribution < 1.29 is 0 Å². The molecule has 0 unspecified atom stereocenters. The van der Waals surface area contributed by atoms with Crippen molar-refractivity contribution in [1.29, 1.82) is 0 Å². The summed E-state index contributed by atoms with van der Waals surface area (Å²) >= 11 is 0. The van der Waals surface area contributed by atoms with E-state index >= 15 is 0 Å². The van der Waals surface area contributed by atoms with E-state index in [1.54, 1.807) is 11.1 Å². The molecule has 0 aliphatic heterocycles. The van der Waals surface area contributed by atoms with Crippen LogP contribution in [-0.4, -0.2) is 18.9 Å². The summed E-state index contributed by atoms with van der Waals surface area (Å²) in [6.45, 7) is 0. The average molecular weight is 715 g/mol. The van der Waals surface area contributed by atoms with Crippen LogP contribution in [0.15, 0.2) is 134 Å². The number of benzene rings is 5. The van der Waals surface area contributed by atoms with Crippen molar-refractivity contribution in [1.82, 2.24) is 18.9 Å². The molecule has 5 aromatic carbocycles. The van der Waals surface area contributed by atoms with E-state index in [4.69, 9.17) is 9.97 Å². The minimum Gasteiger partial charge on any atom is -0.294 e. The molecule has 0 radical (unpaired) electrons. The Hall–Kier alpha value is -5.74. The Balaban J connectivity index is 1.08. The smallest absolute Gasteiger partial charge is 0.145 e. The molecule has 2 saturated carbocycles. The number of imidazole rings is 1. The van der Waals surface area contributed by atoms with Crippen molar-refractivity contribution in [2.24, 2.45) is 0 Å². The van der Waals surface area contributed by atoms with Crippen LogP contribution in [0.25, 0.3) is 66.2 Å². The van der Waals surface area contributed by atoms with Crippen LogP contribution in [0.2, 0.25) is 0 Å². The highest BCUT2D eigenvalue weighted by Crippen LogP contribution is 2.46. The maximum atomic E-state index is 5.36. The zero-order valence-electron chi connectivity index (χ0n) is 31.4. The molecule has 4 aromatic heterocycles.